The molecule has 0 aromatic heterocycles. The topological polar surface area (TPSA) is 85.3 Å². The normalized spacial score (nSPS) is 23.4. The Kier molecular flexibility index (Phi) is 5.25. The van der Waals surface area contributed by atoms with E-state index in [2.05, 4.69) is 12.1 Å². The number of fused-ring (bicyclic) bond motifs is 3. The highest BCUT2D eigenvalue weighted by atomic mass is 16.7. The zero-order valence-electron chi connectivity index (χ0n) is 16.3. The van der Waals surface area contributed by atoms with E-state index in [4.69, 9.17) is 14.2 Å². The number of carboxylic acid groups (broad SMARTS) is 1. The highest BCUT2D eigenvalue weighted by Gasteiger charge is 2.43. The van der Waals surface area contributed by atoms with Crippen molar-refractivity contribution in [1.82, 2.24) is 4.90 Å². The van der Waals surface area contributed by atoms with Gasteiger partial charge in [0, 0.05) is 13.0 Å². The number of nitrogens with zero attached hydrogens (tertiary/aromatic N) is 1. The van der Waals surface area contributed by atoms with Gasteiger partial charge in [0.05, 0.1) is 12.6 Å². The molecular formula is C22H23NO6. The standard InChI is InChI=1S/C22H23NO6/c1-13-20(21(24)25)23(11-19(27-2)29-13)22(26)28-12-18-16-9-5-3-7-14(16)15-8-4-6-10-17(15)18/h3-10,13,18-20H,11-12H2,1-2H3,(H,24,25)/t13-,19+,20+/m1/s1. The third-order valence-electron chi connectivity index (χ3n) is 5.58. The fourth-order valence-corrected chi connectivity index (χ4v) is 4.21. The van der Waals surface area contributed by atoms with Crippen LogP contribution in [0.15, 0.2) is 48.5 Å². The molecule has 1 heterocycles. The molecule has 0 spiro atoms. The monoisotopic (exact) mass is 397 g/mol. The summed E-state index contributed by atoms with van der Waals surface area (Å²) in [5.74, 6) is -1.23. The third kappa shape index (κ3) is 3.47. The second-order valence-electron chi connectivity index (χ2n) is 7.25. The number of amides is 1. The van der Waals surface area contributed by atoms with E-state index >= 15 is 0 Å². The van der Waals surface area contributed by atoms with Crippen LogP contribution in [0.25, 0.3) is 11.1 Å². The van der Waals surface area contributed by atoms with Gasteiger partial charge >= 0.3 is 12.1 Å². The minimum Gasteiger partial charge on any atom is -0.480 e. The second kappa shape index (κ2) is 7.85. The number of benzene rings is 2. The van der Waals surface area contributed by atoms with Gasteiger partial charge in [0.15, 0.2) is 12.3 Å². The zero-order valence-corrected chi connectivity index (χ0v) is 16.3. The van der Waals surface area contributed by atoms with Crippen molar-refractivity contribution in [3.05, 3.63) is 59.7 Å². The van der Waals surface area contributed by atoms with Crippen LogP contribution < -0.4 is 0 Å². The van der Waals surface area contributed by atoms with Crippen LogP contribution in [-0.2, 0) is 19.0 Å². The van der Waals surface area contributed by atoms with Crippen molar-refractivity contribution < 1.29 is 28.9 Å². The van der Waals surface area contributed by atoms with Crippen LogP contribution in [0.2, 0.25) is 0 Å². The van der Waals surface area contributed by atoms with Crippen molar-refractivity contribution in [3.63, 3.8) is 0 Å². The number of ether oxygens (including phenoxy) is 3. The van der Waals surface area contributed by atoms with Crippen molar-refractivity contribution in [2.24, 2.45) is 0 Å². The smallest absolute Gasteiger partial charge is 0.410 e. The maximum Gasteiger partial charge on any atom is 0.410 e. The molecule has 3 atom stereocenters. The van der Waals surface area contributed by atoms with Crippen LogP contribution in [-0.4, -0.2) is 60.8 Å². The van der Waals surface area contributed by atoms with Crippen molar-refractivity contribution in [2.45, 2.75) is 31.3 Å². The quantitative estimate of drug-likeness (QED) is 0.853. The van der Waals surface area contributed by atoms with Gasteiger partial charge in [-0.1, -0.05) is 48.5 Å². The molecule has 1 N–H and O–H groups in total. The van der Waals surface area contributed by atoms with E-state index in [1.807, 2.05) is 36.4 Å². The molecule has 4 rings (SSSR count). The first-order valence-electron chi connectivity index (χ1n) is 9.54. The lowest BCUT2D eigenvalue weighted by molar-refractivity contribution is -0.211. The molecular weight excluding hydrogens is 374 g/mol. The number of aliphatic carboxylic acids is 1. The Bertz CT molecular complexity index is 884. The van der Waals surface area contributed by atoms with Crippen LogP contribution in [0.3, 0.4) is 0 Å². The summed E-state index contributed by atoms with van der Waals surface area (Å²) in [6.07, 6.45) is -2.09. The lowest BCUT2D eigenvalue weighted by atomic mass is 9.98. The summed E-state index contributed by atoms with van der Waals surface area (Å²) in [5, 5.41) is 9.56. The number of methoxy groups -OCH3 is 1. The molecule has 1 amide bonds. The lowest BCUT2D eigenvalue weighted by Gasteiger charge is -2.40. The van der Waals surface area contributed by atoms with E-state index in [0.717, 1.165) is 22.3 Å². The van der Waals surface area contributed by atoms with Crippen LogP contribution >= 0.6 is 0 Å². The Balaban J connectivity index is 1.54. The minimum absolute atomic E-state index is 0.00548. The fourth-order valence-electron chi connectivity index (χ4n) is 4.21. The summed E-state index contributed by atoms with van der Waals surface area (Å²) in [5.41, 5.74) is 4.46. The Morgan fingerprint density at radius 2 is 1.69 bits per heavy atom. The summed E-state index contributed by atoms with van der Waals surface area (Å²) >= 11 is 0. The van der Waals surface area contributed by atoms with Gasteiger partial charge in [0.25, 0.3) is 0 Å². The van der Waals surface area contributed by atoms with Crippen LogP contribution in [0.5, 0.6) is 0 Å². The molecule has 1 fully saturated rings. The molecule has 0 saturated carbocycles. The molecule has 1 aliphatic carbocycles. The predicted octanol–water partition coefficient (Wildman–Crippen LogP) is 3.08. The first kappa shape index (κ1) is 19.4. The number of carbonyl (C=O) groups is 2. The van der Waals surface area contributed by atoms with Gasteiger partial charge in [-0.15, -0.1) is 0 Å². The molecule has 2 aromatic rings. The van der Waals surface area contributed by atoms with Gasteiger partial charge in [-0.2, -0.15) is 0 Å². The summed E-state index contributed by atoms with van der Waals surface area (Å²) in [7, 11) is 1.45. The highest BCUT2D eigenvalue weighted by molar-refractivity contribution is 5.81. The van der Waals surface area contributed by atoms with Gasteiger partial charge in [-0.25, -0.2) is 9.59 Å². The first-order valence-corrected chi connectivity index (χ1v) is 9.54. The third-order valence-corrected chi connectivity index (χ3v) is 5.58. The van der Waals surface area contributed by atoms with E-state index in [1.165, 1.54) is 12.0 Å². The number of carboxylic acids is 1. The molecule has 0 radical (unpaired) electrons. The first-order chi connectivity index (χ1) is 14.0. The molecule has 2 aromatic carbocycles. The molecule has 0 bridgehead atoms. The minimum atomic E-state index is -1.14. The summed E-state index contributed by atoms with van der Waals surface area (Å²) in [6.45, 7) is 1.73. The van der Waals surface area contributed by atoms with Crippen molar-refractivity contribution >= 4 is 12.1 Å². The summed E-state index contributed by atoms with van der Waals surface area (Å²) in [4.78, 5) is 25.7. The number of carbonyl (C=O) groups excluding carboxylic acids is 1. The average molecular weight is 397 g/mol. The number of hydrogen-bond acceptors (Lipinski definition) is 5. The maximum atomic E-state index is 12.8. The lowest BCUT2D eigenvalue weighted by Crippen LogP contribution is -2.59. The summed E-state index contributed by atoms with van der Waals surface area (Å²) < 4.78 is 16.3. The maximum absolute atomic E-state index is 12.8. The molecule has 1 aliphatic heterocycles. The average Bonchev–Trinajstić information content (AvgIpc) is 3.05. The Hall–Kier alpha value is -2.90. The Labute approximate surface area is 168 Å². The van der Waals surface area contributed by atoms with E-state index in [1.54, 1.807) is 6.92 Å². The molecule has 29 heavy (non-hydrogen) atoms. The SMILES string of the molecule is CO[C@@H]1CN(C(=O)OCC2c3ccccc3-c3ccccc32)[C@H](C(=O)O)[C@@H](C)O1. The molecule has 152 valence electrons. The number of morpholine rings is 1. The van der Waals surface area contributed by atoms with Gasteiger partial charge in [0.1, 0.15) is 6.61 Å². The van der Waals surface area contributed by atoms with Crippen LogP contribution in [0.1, 0.15) is 24.0 Å². The number of hydrogen-bond donors (Lipinski definition) is 1. The molecule has 7 heteroatoms. The molecule has 0 unspecified atom stereocenters. The van der Waals surface area contributed by atoms with Crippen molar-refractivity contribution in [1.29, 1.82) is 0 Å². The van der Waals surface area contributed by atoms with Gasteiger partial charge in [-0.3, -0.25) is 4.90 Å². The van der Waals surface area contributed by atoms with Crippen LogP contribution in [0, 0.1) is 0 Å². The fraction of sp³-hybridized carbons (Fsp3) is 0.364. The molecule has 1 saturated heterocycles. The largest absolute Gasteiger partial charge is 0.480 e. The second-order valence-corrected chi connectivity index (χ2v) is 7.25. The van der Waals surface area contributed by atoms with E-state index < -0.39 is 30.5 Å². The van der Waals surface area contributed by atoms with Gasteiger partial charge in [-0.05, 0) is 29.2 Å². The van der Waals surface area contributed by atoms with E-state index in [-0.39, 0.29) is 19.1 Å². The Morgan fingerprint density at radius 3 is 2.24 bits per heavy atom. The van der Waals surface area contributed by atoms with Gasteiger partial charge in [0.2, 0.25) is 0 Å². The van der Waals surface area contributed by atoms with E-state index in [0.29, 0.717) is 0 Å². The van der Waals surface area contributed by atoms with Gasteiger partial charge < -0.3 is 19.3 Å². The number of rotatable bonds is 4. The molecule has 2 aliphatic rings. The Morgan fingerprint density at radius 1 is 1.10 bits per heavy atom. The molecule has 7 nitrogen and oxygen atoms in total. The zero-order chi connectivity index (χ0) is 20.5. The van der Waals surface area contributed by atoms with Crippen molar-refractivity contribution in [2.75, 3.05) is 20.3 Å². The summed E-state index contributed by atoms with van der Waals surface area (Å²) in [6, 6.07) is 15.0. The highest BCUT2D eigenvalue weighted by Crippen LogP contribution is 2.44. The van der Waals surface area contributed by atoms with Crippen molar-refractivity contribution in [3.8, 4) is 11.1 Å². The van der Waals surface area contributed by atoms with E-state index in [9.17, 15) is 14.7 Å². The predicted molar refractivity (Wildman–Crippen MR) is 105 cm³/mol. The van der Waals surface area contributed by atoms with Crippen LogP contribution in [0.4, 0.5) is 4.79 Å².